The number of halogens is 1. The van der Waals surface area contributed by atoms with Crippen LogP contribution in [0.1, 0.15) is 0 Å². The zero-order valence-electron chi connectivity index (χ0n) is 11.8. The van der Waals surface area contributed by atoms with Crippen LogP contribution < -0.4 is 15.4 Å². The van der Waals surface area contributed by atoms with Gasteiger partial charge in [0.1, 0.15) is 11.8 Å². The van der Waals surface area contributed by atoms with Crippen molar-refractivity contribution in [3.05, 3.63) is 29.3 Å². The second-order valence-electron chi connectivity index (χ2n) is 4.66. The first-order valence-electron chi connectivity index (χ1n) is 6.72. The normalized spacial score (nSPS) is 18.2. The maximum atomic E-state index is 12.2. The minimum absolute atomic E-state index is 0.102. The summed E-state index contributed by atoms with van der Waals surface area (Å²) in [6.07, 6.45) is 0. The number of likely N-dealkylation sites (N-methyl/N-ethyl adjacent to an activating group) is 1. The molecule has 2 rings (SSSR count). The van der Waals surface area contributed by atoms with Gasteiger partial charge in [-0.1, -0.05) is 11.6 Å². The molecule has 7 heteroatoms. The lowest BCUT2D eigenvalue weighted by atomic mass is 10.1. The number of carbonyl (C=O) groups is 2. The van der Waals surface area contributed by atoms with E-state index in [1.807, 2.05) is 0 Å². The maximum absolute atomic E-state index is 12.2. The van der Waals surface area contributed by atoms with Crippen molar-refractivity contribution in [2.75, 3.05) is 33.3 Å². The first kappa shape index (κ1) is 15.6. The van der Waals surface area contributed by atoms with E-state index < -0.39 is 6.04 Å². The van der Waals surface area contributed by atoms with Crippen molar-refractivity contribution < 1.29 is 14.3 Å². The Morgan fingerprint density at radius 1 is 1.43 bits per heavy atom. The van der Waals surface area contributed by atoms with E-state index >= 15 is 0 Å². The summed E-state index contributed by atoms with van der Waals surface area (Å²) in [7, 11) is 1.56. The highest BCUT2D eigenvalue weighted by Crippen LogP contribution is 2.15. The fourth-order valence-electron chi connectivity index (χ4n) is 2.16. The van der Waals surface area contributed by atoms with Gasteiger partial charge in [0, 0.05) is 31.7 Å². The Kier molecular flexibility index (Phi) is 5.41. The number of rotatable bonds is 4. The molecule has 1 unspecified atom stereocenters. The molecule has 1 aliphatic rings. The average molecular weight is 312 g/mol. The predicted molar refractivity (Wildman–Crippen MR) is 79.4 cm³/mol. The Hall–Kier alpha value is -1.79. The van der Waals surface area contributed by atoms with Crippen molar-refractivity contribution in [2.45, 2.75) is 6.04 Å². The summed E-state index contributed by atoms with van der Waals surface area (Å²) in [5.41, 5.74) is 0. The van der Waals surface area contributed by atoms with Crippen molar-refractivity contribution in [1.82, 2.24) is 15.5 Å². The summed E-state index contributed by atoms with van der Waals surface area (Å²) in [5.74, 6) is 0.182. The Balaban J connectivity index is 1.94. The van der Waals surface area contributed by atoms with Gasteiger partial charge in [-0.25, -0.2) is 0 Å². The molecule has 6 nitrogen and oxygen atoms in total. The summed E-state index contributed by atoms with van der Waals surface area (Å²) in [5, 5.41) is 6.28. The Labute approximate surface area is 128 Å². The standard InChI is InChI=1S/C14H18ClN3O3/c1-16-14(20)12-8-17-6-7-18(12)13(19)9-21-11-4-2-10(15)3-5-11/h2-5,12,17H,6-9H2,1H3,(H,16,20). The minimum Gasteiger partial charge on any atom is -0.484 e. The average Bonchev–Trinajstić information content (AvgIpc) is 2.53. The number of amides is 2. The van der Waals surface area contributed by atoms with E-state index in [1.165, 1.54) is 0 Å². The van der Waals surface area contributed by atoms with Crippen molar-refractivity contribution in [2.24, 2.45) is 0 Å². The number of hydrogen-bond acceptors (Lipinski definition) is 4. The number of carbonyl (C=O) groups excluding carboxylic acids is 2. The van der Waals surface area contributed by atoms with Crippen LogP contribution in [-0.2, 0) is 9.59 Å². The van der Waals surface area contributed by atoms with E-state index in [0.717, 1.165) is 0 Å². The summed E-state index contributed by atoms with van der Waals surface area (Å²) >= 11 is 5.78. The predicted octanol–water partition coefficient (Wildman–Crippen LogP) is 0.265. The smallest absolute Gasteiger partial charge is 0.261 e. The number of piperazine rings is 1. The van der Waals surface area contributed by atoms with Crippen LogP contribution in [0.3, 0.4) is 0 Å². The Morgan fingerprint density at radius 2 is 2.14 bits per heavy atom. The van der Waals surface area contributed by atoms with Gasteiger partial charge in [0.25, 0.3) is 5.91 Å². The second kappa shape index (κ2) is 7.28. The van der Waals surface area contributed by atoms with Crippen LogP contribution in [-0.4, -0.2) is 56.0 Å². The molecule has 1 atom stereocenters. The molecule has 0 aromatic heterocycles. The molecule has 114 valence electrons. The van der Waals surface area contributed by atoms with Crippen LogP contribution in [0, 0.1) is 0 Å². The van der Waals surface area contributed by atoms with E-state index in [0.29, 0.717) is 30.4 Å². The highest BCUT2D eigenvalue weighted by molar-refractivity contribution is 6.30. The molecule has 0 spiro atoms. The lowest BCUT2D eigenvalue weighted by Gasteiger charge is -2.34. The lowest BCUT2D eigenvalue weighted by molar-refractivity contribution is -0.142. The molecule has 1 aromatic rings. The van der Waals surface area contributed by atoms with Gasteiger partial charge in [0.05, 0.1) is 0 Å². The highest BCUT2D eigenvalue weighted by Gasteiger charge is 2.31. The Morgan fingerprint density at radius 3 is 2.81 bits per heavy atom. The molecule has 1 aromatic carbocycles. The molecule has 1 heterocycles. The van der Waals surface area contributed by atoms with E-state index in [9.17, 15) is 9.59 Å². The quantitative estimate of drug-likeness (QED) is 0.837. The van der Waals surface area contributed by atoms with Crippen LogP contribution in [0.5, 0.6) is 5.75 Å². The summed E-state index contributed by atoms with van der Waals surface area (Å²) in [6.45, 7) is 1.50. The largest absolute Gasteiger partial charge is 0.484 e. The first-order chi connectivity index (χ1) is 10.1. The topological polar surface area (TPSA) is 70.7 Å². The highest BCUT2D eigenvalue weighted by atomic mass is 35.5. The third kappa shape index (κ3) is 4.09. The molecule has 2 N–H and O–H groups in total. The second-order valence-corrected chi connectivity index (χ2v) is 5.10. The Bertz CT molecular complexity index is 507. The van der Waals surface area contributed by atoms with Crippen LogP contribution in [0.25, 0.3) is 0 Å². The van der Waals surface area contributed by atoms with Gasteiger partial charge < -0.3 is 20.3 Å². The molecule has 21 heavy (non-hydrogen) atoms. The lowest BCUT2D eigenvalue weighted by Crippen LogP contribution is -2.60. The number of ether oxygens (including phenoxy) is 1. The zero-order chi connectivity index (χ0) is 15.2. The van der Waals surface area contributed by atoms with Crippen molar-refractivity contribution in [3.63, 3.8) is 0 Å². The molecular weight excluding hydrogens is 294 g/mol. The summed E-state index contributed by atoms with van der Waals surface area (Å²) < 4.78 is 5.44. The van der Waals surface area contributed by atoms with Gasteiger partial charge in [-0.15, -0.1) is 0 Å². The van der Waals surface area contributed by atoms with Crippen LogP contribution in [0.15, 0.2) is 24.3 Å². The molecule has 0 radical (unpaired) electrons. The van der Waals surface area contributed by atoms with E-state index in [4.69, 9.17) is 16.3 Å². The van der Waals surface area contributed by atoms with Crippen LogP contribution >= 0.6 is 11.6 Å². The third-order valence-electron chi connectivity index (χ3n) is 3.29. The van der Waals surface area contributed by atoms with Gasteiger partial charge in [-0.2, -0.15) is 0 Å². The monoisotopic (exact) mass is 311 g/mol. The summed E-state index contributed by atoms with van der Waals surface area (Å²) in [4.78, 5) is 25.6. The summed E-state index contributed by atoms with van der Waals surface area (Å²) in [6, 6.07) is 6.29. The van der Waals surface area contributed by atoms with Crippen molar-refractivity contribution >= 4 is 23.4 Å². The molecule has 0 aliphatic carbocycles. The fourth-order valence-corrected chi connectivity index (χ4v) is 2.29. The molecule has 1 saturated heterocycles. The molecule has 1 fully saturated rings. The van der Waals surface area contributed by atoms with Gasteiger partial charge in [-0.05, 0) is 24.3 Å². The van der Waals surface area contributed by atoms with Crippen LogP contribution in [0.2, 0.25) is 5.02 Å². The SMILES string of the molecule is CNC(=O)C1CNCCN1C(=O)COc1ccc(Cl)cc1. The van der Waals surface area contributed by atoms with Gasteiger partial charge >= 0.3 is 0 Å². The number of benzene rings is 1. The van der Waals surface area contributed by atoms with Gasteiger partial charge in [0.2, 0.25) is 5.91 Å². The zero-order valence-corrected chi connectivity index (χ0v) is 12.5. The van der Waals surface area contributed by atoms with Gasteiger partial charge in [0.15, 0.2) is 6.61 Å². The van der Waals surface area contributed by atoms with Gasteiger partial charge in [-0.3, -0.25) is 9.59 Å². The van der Waals surface area contributed by atoms with E-state index in [1.54, 1.807) is 36.2 Å². The number of nitrogens with zero attached hydrogens (tertiary/aromatic N) is 1. The molecule has 1 aliphatic heterocycles. The van der Waals surface area contributed by atoms with E-state index in [2.05, 4.69) is 10.6 Å². The molecule has 0 bridgehead atoms. The van der Waals surface area contributed by atoms with Crippen LogP contribution in [0.4, 0.5) is 0 Å². The maximum Gasteiger partial charge on any atom is 0.261 e. The van der Waals surface area contributed by atoms with Crippen molar-refractivity contribution in [1.29, 1.82) is 0 Å². The third-order valence-corrected chi connectivity index (χ3v) is 3.54. The number of hydrogen-bond donors (Lipinski definition) is 2. The molecule has 2 amide bonds. The molecule has 0 saturated carbocycles. The minimum atomic E-state index is -0.495. The number of nitrogens with one attached hydrogen (secondary N) is 2. The molecular formula is C14H18ClN3O3. The van der Waals surface area contributed by atoms with E-state index in [-0.39, 0.29) is 18.4 Å². The van der Waals surface area contributed by atoms with Crippen molar-refractivity contribution in [3.8, 4) is 5.75 Å². The fraction of sp³-hybridized carbons (Fsp3) is 0.429. The first-order valence-corrected chi connectivity index (χ1v) is 7.09.